The molecule has 0 radical (unpaired) electrons. The van der Waals surface area contributed by atoms with Crippen molar-refractivity contribution in [3.63, 3.8) is 0 Å². The molecule has 2 aromatic heterocycles. The van der Waals surface area contributed by atoms with Crippen molar-refractivity contribution in [2.24, 2.45) is 0 Å². The van der Waals surface area contributed by atoms with E-state index in [1.807, 2.05) is 23.6 Å². The predicted molar refractivity (Wildman–Crippen MR) is 92.4 cm³/mol. The first-order chi connectivity index (χ1) is 11.8. The van der Waals surface area contributed by atoms with Gasteiger partial charge in [-0.05, 0) is 25.1 Å². The third-order valence-corrected chi connectivity index (χ3v) is 4.75. The lowest BCUT2D eigenvalue weighted by Gasteiger charge is -2.15. The minimum Gasteiger partial charge on any atom is -0.491 e. The van der Waals surface area contributed by atoms with Gasteiger partial charge in [0, 0.05) is 17.2 Å². The van der Waals surface area contributed by atoms with Crippen LogP contribution in [0.4, 0.5) is 0 Å². The molecule has 1 aliphatic heterocycles. The lowest BCUT2D eigenvalue weighted by molar-refractivity contribution is 0.0312. The van der Waals surface area contributed by atoms with E-state index in [0.29, 0.717) is 26.4 Å². The van der Waals surface area contributed by atoms with Crippen LogP contribution in [-0.4, -0.2) is 41.1 Å². The van der Waals surface area contributed by atoms with Crippen molar-refractivity contribution in [2.75, 3.05) is 19.8 Å². The number of benzene rings is 1. The fourth-order valence-corrected chi connectivity index (χ4v) is 3.38. The zero-order valence-electron chi connectivity index (χ0n) is 13.4. The molecule has 1 aliphatic rings. The molecule has 24 heavy (non-hydrogen) atoms. The smallest absolute Gasteiger partial charge is 0.120 e. The Labute approximate surface area is 143 Å². The van der Waals surface area contributed by atoms with Crippen LogP contribution >= 0.6 is 11.3 Å². The zero-order valence-corrected chi connectivity index (χ0v) is 14.3. The first-order valence-corrected chi connectivity index (χ1v) is 8.92. The molecule has 0 unspecified atom stereocenters. The largest absolute Gasteiger partial charge is 0.491 e. The van der Waals surface area contributed by atoms with Gasteiger partial charge in [0.05, 0.1) is 38.0 Å². The molecule has 0 saturated heterocycles. The normalized spacial score (nSPS) is 19.5. The summed E-state index contributed by atoms with van der Waals surface area (Å²) in [6.07, 6.45) is 0.918. The van der Waals surface area contributed by atoms with Crippen LogP contribution in [0.25, 0.3) is 22.3 Å². The Kier molecular flexibility index (Phi) is 4.46. The van der Waals surface area contributed by atoms with Crippen LogP contribution in [0.15, 0.2) is 23.6 Å². The predicted octanol–water partition coefficient (Wildman–Crippen LogP) is 3.39. The number of aromatic nitrogens is 3. The number of H-pyrrole nitrogens is 1. The summed E-state index contributed by atoms with van der Waals surface area (Å²) in [7, 11) is 0. The minimum atomic E-state index is 0.0810. The zero-order chi connectivity index (χ0) is 16.4. The number of aromatic amines is 1. The standard InChI is InChI=1S/C17H19N3O3S/c1-11-4-5-21-6-7-22-9-16-18-15(10-24-16)17-13-8-12(23-11)2-3-14(13)19-20-17/h2-3,8,10-11H,4-7,9H2,1H3,(H,19,20)/t11-/m0/s1. The van der Waals surface area contributed by atoms with E-state index in [-0.39, 0.29) is 6.10 Å². The summed E-state index contributed by atoms with van der Waals surface area (Å²) < 4.78 is 17.2. The van der Waals surface area contributed by atoms with Gasteiger partial charge in [-0.2, -0.15) is 5.10 Å². The summed E-state index contributed by atoms with van der Waals surface area (Å²) in [4.78, 5) is 4.63. The molecule has 6 nitrogen and oxygen atoms in total. The highest BCUT2D eigenvalue weighted by Gasteiger charge is 2.14. The Morgan fingerprint density at radius 1 is 1.21 bits per heavy atom. The number of hydrogen-bond acceptors (Lipinski definition) is 6. The maximum Gasteiger partial charge on any atom is 0.120 e. The third-order valence-electron chi connectivity index (χ3n) is 3.93. The van der Waals surface area contributed by atoms with Gasteiger partial charge in [-0.3, -0.25) is 5.10 Å². The van der Waals surface area contributed by atoms with Crippen molar-refractivity contribution in [3.05, 3.63) is 28.6 Å². The Morgan fingerprint density at radius 3 is 3.08 bits per heavy atom. The molecule has 0 saturated carbocycles. The second-order valence-electron chi connectivity index (χ2n) is 5.79. The molecule has 1 atom stereocenters. The highest BCUT2D eigenvalue weighted by atomic mass is 32.1. The van der Waals surface area contributed by atoms with Crippen molar-refractivity contribution in [1.82, 2.24) is 15.2 Å². The Morgan fingerprint density at radius 2 is 2.12 bits per heavy atom. The number of ether oxygens (including phenoxy) is 3. The van der Waals surface area contributed by atoms with Crippen LogP contribution in [0.1, 0.15) is 18.4 Å². The van der Waals surface area contributed by atoms with Crippen molar-refractivity contribution in [1.29, 1.82) is 0 Å². The third kappa shape index (κ3) is 3.28. The van der Waals surface area contributed by atoms with Gasteiger partial charge in [-0.25, -0.2) is 4.98 Å². The van der Waals surface area contributed by atoms with Crippen molar-refractivity contribution < 1.29 is 14.2 Å². The molecule has 4 bridgehead atoms. The quantitative estimate of drug-likeness (QED) is 0.676. The van der Waals surface area contributed by atoms with Crippen LogP contribution in [-0.2, 0) is 16.1 Å². The van der Waals surface area contributed by atoms with Gasteiger partial charge >= 0.3 is 0 Å². The second-order valence-corrected chi connectivity index (χ2v) is 6.73. The summed E-state index contributed by atoms with van der Waals surface area (Å²) in [6.45, 7) is 4.36. The minimum absolute atomic E-state index is 0.0810. The summed E-state index contributed by atoms with van der Waals surface area (Å²) >= 11 is 1.58. The number of nitrogens with one attached hydrogen (secondary N) is 1. The van der Waals surface area contributed by atoms with Crippen molar-refractivity contribution >= 4 is 22.2 Å². The summed E-state index contributed by atoms with van der Waals surface area (Å²) in [5.41, 5.74) is 2.68. The fraction of sp³-hybridized carbons (Fsp3) is 0.412. The van der Waals surface area contributed by atoms with Gasteiger partial charge in [0.15, 0.2) is 0 Å². The fourth-order valence-electron chi connectivity index (χ4n) is 2.67. The molecule has 1 aromatic carbocycles. The van der Waals surface area contributed by atoms with E-state index in [4.69, 9.17) is 14.2 Å². The molecule has 3 heterocycles. The molecule has 126 valence electrons. The van der Waals surface area contributed by atoms with Gasteiger partial charge in [-0.15, -0.1) is 11.3 Å². The Bertz CT molecular complexity index is 829. The van der Waals surface area contributed by atoms with E-state index in [9.17, 15) is 0 Å². The highest BCUT2D eigenvalue weighted by Crippen LogP contribution is 2.30. The van der Waals surface area contributed by atoms with Gasteiger partial charge in [0.25, 0.3) is 0 Å². The van der Waals surface area contributed by atoms with Crippen molar-refractivity contribution in [3.8, 4) is 17.1 Å². The second kappa shape index (κ2) is 6.88. The van der Waals surface area contributed by atoms with Gasteiger partial charge in [0.2, 0.25) is 0 Å². The van der Waals surface area contributed by atoms with E-state index in [1.165, 1.54) is 0 Å². The summed E-state index contributed by atoms with van der Waals surface area (Å²) in [5.74, 6) is 0.837. The summed E-state index contributed by atoms with van der Waals surface area (Å²) in [5, 5.41) is 11.5. The Balaban J connectivity index is 1.71. The number of fused-ring (bicyclic) bond motifs is 4. The summed E-state index contributed by atoms with van der Waals surface area (Å²) in [6, 6.07) is 5.97. The van der Waals surface area contributed by atoms with Crippen LogP contribution in [0.5, 0.6) is 5.75 Å². The average molecular weight is 345 g/mol. The monoisotopic (exact) mass is 345 g/mol. The van der Waals surface area contributed by atoms with Crippen LogP contribution in [0.2, 0.25) is 0 Å². The first-order valence-electron chi connectivity index (χ1n) is 8.04. The molecule has 0 aliphatic carbocycles. The molecular formula is C17H19N3O3S. The number of nitrogens with zero attached hydrogens (tertiary/aromatic N) is 2. The molecule has 0 amide bonds. The number of rotatable bonds is 0. The van der Waals surface area contributed by atoms with E-state index in [1.54, 1.807) is 11.3 Å². The topological polar surface area (TPSA) is 69.3 Å². The van der Waals surface area contributed by atoms with E-state index >= 15 is 0 Å². The molecule has 1 N–H and O–H groups in total. The average Bonchev–Trinajstić information content (AvgIpc) is 3.19. The van der Waals surface area contributed by atoms with Crippen molar-refractivity contribution in [2.45, 2.75) is 26.1 Å². The maximum atomic E-state index is 6.01. The van der Waals surface area contributed by atoms with Crippen LogP contribution in [0, 0.1) is 0 Å². The molecular weight excluding hydrogens is 326 g/mol. The molecule has 0 spiro atoms. The van der Waals surface area contributed by atoms with Gasteiger partial charge in [0.1, 0.15) is 22.1 Å². The Hall–Kier alpha value is -1.96. The molecule has 3 aromatic rings. The highest BCUT2D eigenvalue weighted by molar-refractivity contribution is 7.09. The van der Waals surface area contributed by atoms with Crippen LogP contribution < -0.4 is 4.74 Å². The van der Waals surface area contributed by atoms with Gasteiger partial charge in [-0.1, -0.05) is 0 Å². The number of hydrogen-bond donors (Lipinski definition) is 1. The lowest BCUT2D eigenvalue weighted by atomic mass is 10.1. The van der Waals surface area contributed by atoms with Gasteiger partial charge < -0.3 is 14.2 Å². The lowest BCUT2D eigenvalue weighted by Crippen LogP contribution is -2.16. The molecule has 0 fully saturated rings. The van der Waals surface area contributed by atoms with Crippen LogP contribution in [0.3, 0.4) is 0 Å². The van der Waals surface area contributed by atoms with E-state index in [2.05, 4.69) is 22.1 Å². The van der Waals surface area contributed by atoms with E-state index < -0.39 is 0 Å². The molecule has 7 heteroatoms. The maximum absolute atomic E-state index is 6.01. The van der Waals surface area contributed by atoms with E-state index in [0.717, 1.165) is 39.5 Å². The number of thiazole rings is 1. The SMILES string of the molecule is C[C@H]1CCOCCOCc2nc(cs2)-c2n[nH]c3ccc(cc23)O1. The molecule has 4 rings (SSSR count). The first kappa shape index (κ1) is 15.6.